The minimum absolute atomic E-state index is 0.0177. The lowest BCUT2D eigenvalue weighted by Gasteiger charge is -2.35. The summed E-state index contributed by atoms with van der Waals surface area (Å²) in [6.07, 6.45) is 0.0435. The minimum Gasteiger partial charge on any atom is -0.481 e. The van der Waals surface area contributed by atoms with E-state index in [0.29, 0.717) is 19.6 Å². The molecule has 1 aromatic rings. The number of carbonyl (C=O) groups is 2. The van der Waals surface area contributed by atoms with Gasteiger partial charge in [-0.1, -0.05) is 30.3 Å². The van der Waals surface area contributed by atoms with Crippen molar-refractivity contribution in [3.05, 3.63) is 35.9 Å². The van der Waals surface area contributed by atoms with E-state index in [0.717, 1.165) is 5.56 Å². The molecule has 1 saturated heterocycles. The SMILES string of the molecule is COCC1CC(C(=O)O)CN(C(=O)OCc2ccccc2)C1. The van der Waals surface area contributed by atoms with Crippen LogP contribution in [-0.4, -0.2) is 48.9 Å². The fourth-order valence-corrected chi connectivity index (χ4v) is 2.70. The molecular weight excluding hydrogens is 286 g/mol. The maximum absolute atomic E-state index is 12.2. The van der Waals surface area contributed by atoms with E-state index in [1.54, 1.807) is 7.11 Å². The van der Waals surface area contributed by atoms with Crippen LogP contribution >= 0.6 is 0 Å². The number of aliphatic carboxylic acids is 1. The lowest BCUT2D eigenvalue weighted by Crippen LogP contribution is -2.47. The number of carboxylic acids is 1. The van der Waals surface area contributed by atoms with Gasteiger partial charge in [0, 0.05) is 26.1 Å². The Hall–Kier alpha value is -2.08. The van der Waals surface area contributed by atoms with Crippen LogP contribution in [0.25, 0.3) is 0 Å². The zero-order valence-corrected chi connectivity index (χ0v) is 12.6. The molecule has 1 aromatic carbocycles. The summed E-state index contributed by atoms with van der Waals surface area (Å²) in [5.41, 5.74) is 0.899. The Balaban J connectivity index is 1.93. The number of likely N-dealkylation sites (tertiary alicyclic amines) is 1. The van der Waals surface area contributed by atoms with Gasteiger partial charge in [0.05, 0.1) is 12.5 Å². The van der Waals surface area contributed by atoms with Crippen molar-refractivity contribution in [3.8, 4) is 0 Å². The zero-order chi connectivity index (χ0) is 15.9. The van der Waals surface area contributed by atoms with Crippen LogP contribution in [0.15, 0.2) is 30.3 Å². The van der Waals surface area contributed by atoms with E-state index in [9.17, 15) is 14.7 Å². The van der Waals surface area contributed by atoms with Gasteiger partial charge in [0.15, 0.2) is 0 Å². The number of rotatable bonds is 5. The summed E-state index contributed by atoms with van der Waals surface area (Å²) >= 11 is 0. The average molecular weight is 307 g/mol. The normalized spacial score (nSPS) is 21.4. The van der Waals surface area contributed by atoms with E-state index in [2.05, 4.69) is 0 Å². The summed E-state index contributed by atoms with van der Waals surface area (Å²) in [5, 5.41) is 9.21. The Bertz CT molecular complexity index is 505. The highest BCUT2D eigenvalue weighted by Crippen LogP contribution is 2.23. The van der Waals surface area contributed by atoms with Crippen molar-refractivity contribution in [2.45, 2.75) is 13.0 Å². The molecule has 1 fully saturated rings. The lowest BCUT2D eigenvalue weighted by atomic mass is 9.90. The highest BCUT2D eigenvalue weighted by molar-refractivity contribution is 5.73. The van der Waals surface area contributed by atoms with Crippen LogP contribution < -0.4 is 0 Å². The fraction of sp³-hybridized carbons (Fsp3) is 0.500. The summed E-state index contributed by atoms with van der Waals surface area (Å²) in [6.45, 7) is 1.27. The van der Waals surface area contributed by atoms with Crippen LogP contribution in [0, 0.1) is 11.8 Å². The summed E-state index contributed by atoms with van der Waals surface area (Å²) < 4.78 is 10.4. The predicted molar refractivity (Wildman–Crippen MR) is 79.3 cm³/mol. The first kappa shape index (κ1) is 16.3. The molecule has 2 atom stereocenters. The number of carbonyl (C=O) groups excluding carboxylic acids is 1. The van der Waals surface area contributed by atoms with Crippen molar-refractivity contribution >= 4 is 12.1 Å². The third-order valence-electron chi connectivity index (χ3n) is 3.75. The molecule has 1 N–H and O–H groups in total. The van der Waals surface area contributed by atoms with Gasteiger partial charge in [-0.3, -0.25) is 4.79 Å². The van der Waals surface area contributed by atoms with Gasteiger partial charge in [0.1, 0.15) is 6.61 Å². The molecule has 0 aliphatic carbocycles. The van der Waals surface area contributed by atoms with Gasteiger partial charge in [-0.15, -0.1) is 0 Å². The third kappa shape index (κ3) is 4.46. The van der Waals surface area contributed by atoms with Crippen molar-refractivity contribution in [1.29, 1.82) is 0 Å². The van der Waals surface area contributed by atoms with Crippen LogP contribution in [-0.2, 0) is 20.9 Å². The number of nitrogens with zero attached hydrogens (tertiary/aromatic N) is 1. The number of carboxylic acid groups (broad SMARTS) is 1. The zero-order valence-electron chi connectivity index (χ0n) is 12.6. The van der Waals surface area contributed by atoms with Crippen molar-refractivity contribution in [3.63, 3.8) is 0 Å². The maximum Gasteiger partial charge on any atom is 0.410 e. The van der Waals surface area contributed by atoms with E-state index in [1.165, 1.54) is 4.90 Å². The maximum atomic E-state index is 12.2. The van der Waals surface area contributed by atoms with Crippen molar-refractivity contribution in [2.24, 2.45) is 11.8 Å². The topological polar surface area (TPSA) is 76.1 Å². The van der Waals surface area contributed by atoms with Crippen LogP contribution in [0.5, 0.6) is 0 Å². The van der Waals surface area contributed by atoms with Gasteiger partial charge in [0.2, 0.25) is 0 Å². The molecule has 0 spiro atoms. The molecule has 6 heteroatoms. The molecule has 1 heterocycles. The van der Waals surface area contributed by atoms with Gasteiger partial charge in [-0.25, -0.2) is 4.79 Å². The number of amides is 1. The molecule has 0 saturated carbocycles. The Morgan fingerprint density at radius 3 is 2.64 bits per heavy atom. The average Bonchev–Trinajstić information content (AvgIpc) is 2.53. The molecule has 2 unspecified atom stereocenters. The molecule has 2 rings (SSSR count). The largest absolute Gasteiger partial charge is 0.481 e. The van der Waals surface area contributed by atoms with E-state index < -0.39 is 18.0 Å². The standard InChI is InChI=1S/C16H21NO5/c1-21-10-13-7-14(15(18)19)9-17(8-13)16(20)22-11-12-5-3-2-4-6-12/h2-6,13-14H,7-11H2,1H3,(H,18,19). The van der Waals surface area contributed by atoms with Gasteiger partial charge in [-0.05, 0) is 12.0 Å². The number of methoxy groups -OCH3 is 1. The van der Waals surface area contributed by atoms with Crippen LogP contribution in [0.4, 0.5) is 4.79 Å². The van der Waals surface area contributed by atoms with Gasteiger partial charge in [0.25, 0.3) is 0 Å². The number of hydrogen-bond acceptors (Lipinski definition) is 4. The summed E-state index contributed by atoms with van der Waals surface area (Å²) in [5.74, 6) is -1.44. The van der Waals surface area contributed by atoms with Crippen molar-refractivity contribution < 1.29 is 24.2 Å². The third-order valence-corrected chi connectivity index (χ3v) is 3.75. The molecular formula is C16H21NO5. The Morgan fingerprint density at radius 1 is 1.27 bits per heavy atom. The molecule has 0 bridgehead atoms. The second-order valence-electron chi connectivity index (χ2n) is 5.54. The number of piperidine rings is 1. The second-order valence-corrected chi connectivity index (χ2v) is 5.54. The Labute approximate surface area is 129 Å². The van der Waals surface area contributed by atoms with Crippen molar-refractivity contribution in [1.82, 2.24) is 4.90 Å². The number of benzene rings is 1. The van der Waals surface area contributed by atoms with E-state index in [-0.39, 0.29) is 19.1 Å². The highest BCUT2D eigenvalue weighted by atomic mass is 16.6. The van der Waals surface area contributed by atoms with E-state index in [4.69, 9.17) is 9.47 Å². The van der Waals surface area contributed by atoms with E-state index in [1.807, 2.05) is 30.3 Å². The van der Waals surface area contributed by atoms with Crippen LogP contribution in [0.1, 0.15) is 12.0 Å². The second kappa shape index (κ2) is 7.79. The van der Waals surface area contributed by atoms with Gasteiger partial charge >= 0.3 is 12.1 Å². The summed E-state index contributed by atoms with van der Waals surface area (Å²) in [6, 6.07) is 9.38. The summed E-state index contributed by atoms with van der Waals surface area (Å²) in [7, 11) is 1.57. The fourth-order valence-electron chi connectivity index (χ4n) is 2.70. The van der Waals surface area contributed by atoms with Gasteiger partial charge in [-0.2, -0.15) is 0 Å². The Kier molecular flexibility index (Phi) is 5.77. The van der Waals surface area contributed by atoms with Gasteiger partial charge < -0.3 is 19.5 Å². The Morgan fingerprint density at radius 2 is 2.00 bits per heavy atom. The molecule has 1 aliphatic heterocycles. The van der Waals surface area contributed by atoms with Crippen LogP contribution in [0.3, 0.4) is 0 Å². The molecule has 1 amide bonds. The minimum atomic E-state index is -0.887. The smallest absolute Gasteiger partial charge is 0.410 e. The predicted octanol–water partition coefficient (Wildman–Crippen LogP) is 1.99. The monoisotopic (exact) mass is 307 g/mol. The number of ether oxygens (including phenoxy) is 2. The van der Waals surface area contributed by atoms with E-state index >= 15 is 0 Å². The van der Waals surface area contributed by atoms with Crippen LogP contribution in [0.2, 0.25) is 0 Å². The molecule has 0 aromatic heterocycles. The molecule has 6 nitrogen and oxygen atoms in total. The highest BCUT2D eigenvalue weighted by Gasteiger charge is 2.34. The molecule has 0 radical (unpaired) electrons. The molecule has 120 valence electrons. The lowest BCUT2D eigenvalue weighted by molar-refractivity contribution is -0.144. The molecule has 1 aliphatic rings. The first-order chi connectivity index (χ1) is 10.6. The first-order valence-corrected chi connectivity index (χ1v) is 7.27. The summed E-state index contributed by atoms with van der Waals surface area (Å²) in [4.78, 5) is 24.9. The number of hydrogen-bond donors (Lipinski definition) is 1. The quantitative estimate of drug-likeness (QED) is 0.900. The molecule has 22 heavy (non-hydrogen) atoms. The first-order valence-electron chi connectivity index (χ1n) is 7.27. The van der Waals surface area contributed by atoms with Crippen molar-refractivity contribution in [2.75, 3.05) is 26.8 Å².